The zero-order chi connectivity index (χ0) is 10.8. The number of fused-ring (bicyclic) bond motifs is 1. The summed E-state index contributed by atoms with van der Waals surface area (Å²) in [6.07, 6.45) is 2.09. The molecular formula is C13H12N2O. The average Bonchev–Trinajstić information content (AvgIpc) is 2.39. The molecule has 1 aliphatic rings. The maximum atomic E-state index is 5.44. The van der Waals surface area contributed by atoms with Crippen LogP contribution in [0.1, 0.15) is 12.0 Å². The monoisotopic (exact) mass is 212 g/mol. The molecule has 0 atom stereocenters. The lowest BCUT2D eigenvalue weighted by molar-refractivity contribution is 0.272. The van der Waals surface area contributed by atoms with Crippen LogP contribution < -0.4 is 4.74 Å². The number of aryl methyl sites for hydroxylation is 1. The zero-order valence-corrected chi connectivity index (χ0v) is 8.89. The molecule has 3 nitrogen and oxygen atoms in total. The van der Waals surface area contributed by atoms with Crippen LogP contribution in [0.25, 0.3) is 11.3 Å². The van der Waals surface area contributed by atoms with Crippen molar-refractivity contribution in [3.8, 4) is 17.1 Å². The highest BCUT2D eigenvalue weighted by molar-refractivity contribution is 5.59. The molecule has 0 spiro atoms. The Balaban J connectivity index is 2.03. The summed E-state index contributed by atoms with van der Waals surface area (Å²) in [7, 11) is 0. The van der Waals surface area contributed by atoms with Crippen LogP contribution in [0, 0.1) is 0 Å². The van der Waals surface area contributed by atoms with Gasteiger partial charge in [0.1, 0.15) is 0 Å². The van der Waals surface area contributed by atoms with E-state index in [9.17, 15) is 0 Å². The second-order valence-corrected chi connectivity index (χ2v) is 3.88. The van der Waals surface area contributed by atoms with Crippen LogP contribution in [0.3, 0.4) is 0 Å². The molecule has 0 bridgehead atoms. The Morgan fingerprint density at radius 3 is 2.81 bits per heavy atom. The van der Waals surface area contributed by atoms with Crippen molar-refractivity contribution >= 4 is 0 Å². The second kappa shape index (κ2) is 3.93. The van der Waals surface area contributed by atoms with Crippen LogP contribution in [0.2, 0.25) is 0 Å². The van der Waals surface area contributed by atoms with E-state index < -0.39 is 0 Å². The first-order valence-corrected chi connectivity index (χ1v) is 5.48. The number of aromatic nitrogens is 2. The minimum Gasteiger partial charge on any atom is -0.476 e. The molecule has 1 aliphatic heterocycles. The van der Waals surface area contributed by atoms with Crippen molar-refractivity contribution < 1.29 is 4.74 Å². The molecule has 0 amide bonds. The summed E-state index contributed by atoms with van der Waals surface area (Å²) in [5, 5.41) is 8.31. The van der Waals surface area contributed by atoms with E-state index in [1.807, 2.05) is 30.3 Å². The molecule has 0 saturated heterocycles. The summed E-state index contributed by atoms with van der Waals surface area (Å²) in [6, 6.07) is 12.2. The maximum absolute atomic E-state index is 5.44. The van der Waals surface area contributed by atoms with Crippen molar-refractivity contribution in [2.24, 2.45) is 0 Å². The summed E-state index contributed by atoms with van der Waals surface area (Å²) in [5.41, 5.74) is 3.19. The first-order chi connectivity index (χ1) is 7.93. The van der Waals surface area contributed by atoms with E-state index in [1.54, 1.807) is 0 Å². The Morgan fingerprint density at radius 2 is 1.94 bits per heavy atom. The summed E-state index contributed by atoms with van der Waals surface area (Å²) < 4.78 is 5.44. The highest BCUT2D eigenvalue weighted by Gasteiger charge is 2.13. The third-order valence-corrected chi connectivity index (χ3v) is 2.73. The SMILES string of the molecule is c1ccc(-c2cc3c(nn2)OCCC3)cc1. The van der Waals surface area contributed by atoms with Gasteiger partial charge in [0, 0.05) is 11.1 Å². The van der Waals surface area contributed by atoms with Crippen LogP contribution >= 0.6 is 0 Å². The minimum absolute atomic E-state index is 0.700. The Labute approximate surface area is 94.1 Å². The summed E-state index contributed by atoms with van der Waals surface area (Å²) in [5.74, 6) is 0.700. The zero-order valence-electron chi connectivity index (χ0n) is 8.89. The lowest BCUT2D eigenvalue weighted by Gasteiger charge is -2.15. The van der Waals surface area contributed by atoms with Gasteiger partial charge in [-0.05, 0) is 18.9 Å². The Hall–Kier alpha value is -1.90. The molecule has 1 aromatic carbocycles. The highest BCUT2D eigenvalue weighted by atomic mass is 16.5. The van der Waals surface area contributed by atoms with Crippen LogP contribution in [-0.2, 0) is 6.42 Å². The third-order valence-electron chi connectivity index (χ3n) is 2.73. The van der Waals surface area contributed by atoms with Crippen LogP contribution in [0.5, 0.6) is 5.88 Å². The lowest BCUT2D eigenvalue weighted by atomic mass is 10.1. The van der Waals surface area contributed by atoms with Gasteiger partial charge in [-0.3, -0.25) is 0 Å². The summed E-state index contributed by atoms with van der Waals surface area (Å²) in [6.45, 7) is 0.756. The van der Waals surface area contributed by atoms with Crippen molar-refractivity contribution in [3.05, 3.63) is 42.0 Å². The number of benzene rings is 1. The van der Waals surface area contributed by atoms with E-state index >= 15 is 0 Å². The first kappa shape index (κ1) is 9.33. The molecule has 0 aliphatic carbocycles. The van der Waals surface area contributed by atoms with Gasteiger partial charge in [0.25, 0.3) is 0 Å². The van der Waals surface area contributed by atoms with E-state index in [0.717, 1.165) is 30.7 Å². The highest BCUT2D eigenvalue weighted by Crippen LogP contribution is 2.25. The van der Waals surface area contributed by atoms with Gasteiger partial charge in [-0.2, -0.15) is 0 Å². The van der Waals surface area contributed by atoms with Gasteiger partial charge in [-0.25, -0.2) is 0 Å². The molecule has 2 aromatic rings. The van der Waals surface area contributed by atoms with E-state index in [-0.39, 0.29) is 0 Å². The fourth-order valence-corrected chi connectivity index (χ4v) is 1.90. The van der Waals surface area contributed by atoms with E-state index in [4.69, 9.17) is 4.74 Å². The average molecular weight is 212 g/mol. The van der Waals surface area contributed by atoms with Crippen molar-refractivity contribution in [1.29, 1.82) is 0 Å². The minimum atomic E-state index is 0.700. The van der Waals surface area contributed by atoms with E-state index in [1.165, 1.54) is 5.56 Å². The molecule has 16 heavy (non-hydrogen) atoms. The van der Waals surface area contributed by atoms with Gasteiger partial charge < -0.3 is 4.74 Å². The van der Waals surface area contributed by atoms with Crippen LogP contribution in [0.4, 0.5) is 0 Å². The van der Waals surface area contributed by atoms with Crippen molar-refractivity contribution in [3.63, 3.8) is 0 Å². The molecule has 1 aromatic heterocycles. The van der Waals surface area contributed by atoms with Gasteiger partial charge in [0.15, 0.2) is 0 Å². The molecule has 3 rings (SSSR count). The number of hydrogen-bond acceptors (Lipinski definition) is 3. The number of hydrogen-bond donors (Lipinski definition) is 0. The summed E-state index contributed by atoms with van der Waals surface area (Å²) >= 11 is 0. The molecular weight excluding hydrogens is 200 g/mol. The van der Waals surface area contributed by atoms with Gasteiger partial charge in [0.2, 0.25) is 5.88 Å². The van der Waals surface area contributed by atoms with Gasteiger partial charge in [-0.15, -0.1) is 10.2 Å². The predicted molar refractivity (Wildman–Crippen MR) is 61.3 cm³/mol. The van der Waals surface area contributed by atoms with Crippen molar-refractivity contribution in [2.45, 2.75) is 12.8 Å². The molecule has 0 fully saturated rings. The fourth-order valence-electron chi connectivity index (χ4n) is 1.90. The molecule has 0 unspecified atom stereocenters. The predicted octanol–water partition coefficient (Wildman–Crippen LogP) is 2.47. The Bertz CT molecular complexity index is 497. The molecule has 3 heteroatoms. The standard InChI is InChI=1S/C13H12N2O/c1-2-5-10(6-3-1)12-9-11-7-4-8-16-13(11)15-14-12/h1-3,5-6,9H,4,7-8H2. The van der Waals surface area contributed by atoms with E-state index in [0.29, 0.717) is 5.88 Å². The number of rotatable bonds is 1. The lowest BCUT2D eigenvalue weighted by Crippen LogP contribution is -2.10. The number of ether oxygens (including phenoxy) is 1. The van der Waals surface area contributed by atoms with E-state index in [2.05, 4.69) is 16.3 Å². The molecule has 0 saturated carbocycles. The van der Waals surface area contributed by atoms with Crippen LogP contribution in [0.15, 0.2) is 36.4 Å². The molecule has 0 N–H and O–H groups in total. The Morgan fingerprint density at radius 1 is 1.06 bits per heavy atom. The van der Waals surface area contributed by atoms with Crippen molar-refractivity contribution in [1.82, 2.24) is 10.2 Å². The van der Waals surface area contributed by atoms with Crippen molar-refractivity contribution in [2.75, 3.05) is 6.61 Å². The normalized spacial score (nSPS) is 14.0. The third kappa shape index (κ3) is 1.65. The molecule has 2 heterocycles. The van der Waals surface area contributed by atoms with Gasteiger partial charge >= 0.3 is 0 Å². The molecule has 0 radical (unpaired) electrons. The summed E-state index contributed by atoms with van der Waals surface area (Å²) in [4.78, 5) is 0. The quantitative estimate of drug-likeness (QED) is 0.728. The smallest absolute Gasteiger partial charge is 0.236 e. The maximum Gasteiger partial charge on any atom is 0.236 e. The fraction of sp³-hybridized carbons (Fsp3) is 0.231. The van der Waals surface area contributed by atoms with Crippen LogP contribution in [-0.4, -0.2) is 16.8 Å². The Kier molecular flexibility index (Phi) is 2.29. The van der Waals surface area contributed by atoms with Gasteiger partial charge in [0.05, 0.1) is 12.3 Å². The van der Waals surface area contributed by atoms with Gasteiger partial charge in [-0.1, -0.05) is 30.3 Å². The first-order valence-electron chi connectivity index (χ1n) is 5.48. The largest absolute Gasteiger partial charge is 0.476 e. The number of nitrogens with zero attached hydrogens (tertiary/aromatic N) is 2. The molecule has 80 valence electrons. The topological polar surface area (TPSA) is 35.0 Å². The second-order valence-electron chi connectivity index (χ2n) is 3.88.